The van der Waals surface area contributed by atoms with Gasteiger partial charge < -0.3 is 5.32 Å². The molecule has 1 N–H and O–H groups in total. The van der Waals surface area contributed by atoms with Gasteiger partial charge in [-0.3, -0.25) is 0 Å². The lowest BCUT2D eigenvalue weighted by Crippen LogP contribution is -2.21. The zero-order chi connectivity index (χ0) is 15.2. The van der Waals surface area contributed by atoms with Crippen LogP contribution in [0.1, 0.15) is 25.3 Å². The quantitative estimate of drug-likeness (QED) is 0.793. The van der Waals surface area contributed by atoms with E-state index in [1.807, 2.05) is 0 Å². The van der Waals surface area contributed by atoms with Crippen LogP contribution in [0.4, 0.5) is 8.78 Å². The number of nitrogens with zero attached hydrogens (tertiary/aromatic N) is 2. The standard InChI is InChI=1S/C15H19F2N3S/c1-10(2)9-18-7-3-4-14-19-20-15(21-14)12-6-5-11(16)8-13(12)17/h5-6,8,10,18H,3-4,7,9H2,1-2H3. The fourth-order valence-corrected chi connectivity index (χ4v) is 2.79. The summed E-state index contributed by atoms with van der Waals surface area (Å²) in [5, 5.41) is 12.8. The second-order valence-electron chi connectivity index (χ2n) is 5.33. The Morgan fingerprint density at radius 1 is 1.24 bits per heavy atom. The number of halogens is 2. The molecule has 2 aromatic rings. The van der Waals surface area contributed by atoms with Gasteiger partial charge in [-0.05, 0) is 37.6 Å². The van der Waals surface area contributed by atoms with Crippen LogP contribution < -0.4 is 5.32 Å². The Bertz CT molecular complexity index is 584. The monoisotopic (exact) mass is 311 g/mol. The van der Waals surface area contributed by atoms with Crippen molar-refractivity contribution in [3.05, 3.63) is 34.8 Å². The molecule has 114 valence electrons. The predicted octanol–water partition coefficient (Wildman–Crippen LogP) is 3.66. The van der Waals surface area contributed by atoms with Crippen molar-refractivity contribution in [2.24, 2.45) is 5.92 Å². The minimum absolute atomic E-state index is 0.304. The molecule has 1 aromatic heterocycles. The first-order chi connectivity index (χ1) is 10.1. The second-order valence-corrected chi connectivity index (χ2v) is 6.39. The number of aryl methyl sites for hydroxylation is 1. The van der Waals surface area contributed by atoms with Crippen molar-refractivity contribution < 1.29 is 8.78 Å². The fraction of sp³-hybridized carbons (Fsp3) is 0.467. The van der Waals surface area contributed by atoms with E-state index >= 15 is 0 Å². The molecule has 0 amide bonds. The molecular weight excluding hydrogens is 292 g/mol. The van der Waals surface area contributed by atoms with Gasteiger partial charge in [-0.15, -0.1) is 10.2 Å². The average molecular weight is 311 g/mol. The Hall–Kier alpha value is -1.40. The van der Waals surface area contributed by atoms with Gasteiger partial charge in [0, 0.05) is 18.1 Å². The lowest BCUT2D eigenvalue weighted by Gasteiger charge is -2.05. The van der Waals surface area contributed by atoms with Crippen LogP contribution in [0.3, 0.4) is 0 Å². The van der Waals surface area contributed by atoms with Gasteiger partial charge in [0.05, 0.1) is 0 Å². The van der Waals surface area contributed by atoms with Crippen LogP contribution in [0, 0.1) is 17.6 Å². The molecule has 0 aliphatic rings. The highest BCUT2D eigenvalue weighted by atomic mass is 32.1. The molecule has 0 unspecified atom stereocenters. The molecule has 0 saturated heterocycles. The molecule has 0 radical (unpaired) electrons. The molecule has 0 atom stereocenters. The summed E-state index contributed by atoms with van der Waals surface area (Å²) in [7, 11) is 0. The van der Waals surface area contributed by atoms with Crippen LogP contribution in [-0.4, -0.2) is 23.3 Å². The van der Waals surface area contributed by atoms with Crippen LogP contribution in [0.5, 0.6) is 0 Å². The molecule has 1 aromatic carbocycles. The Kier molecular flexibility index (Phi) is 5.76. The maximum absolute atomic E-state index is 13.7. The van der Waals surface area contributed by atoms with Gasteiger partial charge in [0.25, 0.3) is 0 Å². The van der Waals surface area contributed by atoms with E-state index in [2.05, 4.69) is 29.4 Å². The topological polar surface area (TPSA) is 37.8 Å². The number of hydrogen-bond donors (Lipinski definition) is 1. The largest absolute Gasteiger partial charge is 0.316 e. The summed E-state index contributed by atoms with van der Waals surface area (Å²) in [6.07, 6.45) is 1.78. The minimum atomic E-state index is -0.601. The summed E-state index contributed by atoms with van der Waals surface area (Å²) in [5.41, 5.74) is 0.304. The van der Waals surface area contributed by atoms with E-state index in [1.165, 1.54) is 23.5 Å². The summed E-state index contributed by atoms with van der Waals surface area (Å²) in [6.45, 7) is 6.27. The second kappa shape index (κ2) is 7.56. The molecule has 0 fully saturated rings. The third kappa shape index (κ3) is 4.82. The smallest absolute Gasteiger partial charge is 0.150 e. The normalized spacial score (nSPS) is 11.3. The van der Waals surface area contributed by atoms with Crippen molar-refractivity contribution in [3.63, 3.8) is 0 Å². The molecule has 21 heavy (non-hydrogen) atoms. The number of nitrogens with one attached hydrogen (secondary N) is 1. The van der Waals surface area contributed by atoms with Crippen LogP contribution in [0.2, 0.25) is 0 Å². The van der Waals surface area contributed by atoms with E-state index in [-0.39, 0.29) is 0 Å². The van der Waals surface area contributed by atoms with Gasteiger partial charge in [0.2, 0.25) is 0 Å². The first-order valence-corrected chi connectivity index (χ1v) is 7.86. The first-order valence-electron chi connectivity index (χ1n) is 7.05. The average Bonchev–Trinajstić information content (AvgIpc) is 2.86. The van der Waals surface area contributed by atoms with Gasteiger partial charge in [-0.1, -0.05) is 25.2 Å². The van der Waals surface area contributed by atoms with Crippen LogP contribution >= 0.6 is 11.3 Å². The van der Waals surface area contributed by atoms with Crippen molar-refractivity contribution in [3.8, 4) is 10.6 Å². The number of hydrogen-bond acceptors (Lipinski definition) is 4. The highest BCUT2D eigenvalue weighted by Gasteiger charge is 2.11. The van der Waals surface area contributed by atoms with Gasteiger partial charge in [0.1, 0.15) is 16.6 Å². The van der Waals surface area contributed by atoms with Crippen molar-refractivity contribution in [2.45, 2.75) is 26.7 Å². The lowest BCUT2D eigenvalue weighted by atomic mass is 10.2. The summed E-state index contributed by atoms with van der Waals surface area (Å²) >= 11 is 1.36. The molecular formula is C15H19F2N3S. The Morgan fingerprint density at radius 3 is 2.76 bits per heavy atom. The van der Waals surface area contributed by atoms with Crippen molar-refractivity contribution in [2.75, 3.05) is 13.1 Å². The van der Waals surface area contributed by atoms with Gasteiger partial charge in [-0.25, -0.2) is 8.78 Å². The maximum Gasteiger partial charge on any atom is 0.150 e. The summed E-state index contributed by atoms with van der Waals surface area (Å²) in [5.74, 6) is -0.548. The Labute approximate surface area is 127 Å². The molecule has 1 heterocycles. The lowest BCUT2D eigenvalue weighted by molar-refractivity contribution is 0.542. The van der Waals surface area contributed by atoms with Crippen LogP contribution in [-0.2, 0) is 6.42 Å². The molecule has 0 saturated carbocycles. The zero-order valence-electron chi connectivity index (χ0n) is 12.2. The van der Waals surface area contributed by atoms with Gasteiger partial charge >= 0.3 is 0 Å². The molecule has 0 aliphatic heterocycles. The molecule has 0 spiro atoms. The van der Waals surface area contributed by atoms with Gasteiger partial charge in [0.15, 0.2) is 5.01 Å². The number of aromatic nitrogens is 2. The van der Waals surface area contributed by atoms with E-state index in [0.717, 1.165) is 37.0 Å². The summed E-state index contributed by atoms with van der Waals surface area (Å²) in [6, 6.07) is 3.50. The van der Waals surface area contributed by atoms with Crippen LogP contribution in [0.15, 0.2) is 18.2 Å². The first kappa shape index (κ1) is 16.0. The zero-order valence-corrected chi connectivity index (χ0v) is 13.0. The summed E-state index contributed by atoms with van der Waals surface area (Å²) in [4.78, 5) is 0. The SMILES string of the molecule is CC(C)CNCCCc1nnc(-c2ccc(F)cc2F)s1. The third-order valence-electron chi connectivity index (χ3n) is 2.93. The predicted molar refractivity (Wildman–Crippen MR) is 81.3 cm³/mol. The molecule has 6 heteroatoms. The van der Waals surface area contributed by atoms with E-state index in [4.69, 9.17) is 0 Å². The molecule has 2 rings (SSSR count). The molecule has 3 nitrogen and oxygen atoms in total. The molecule has 0 bridgehead atoms. The number of benzene rings is 1. The van der Waals surface area contributed by atoms with Crippen LogP contribution in [0.25, 0.3) is 10.6 Å². The third-order valence-corrected chi connectivity index (χ3v) is 3.94. The van der Waals surface area contributed by atoms with Crippen molar-refractivity contribution in [1.82, 2.24) is 15.5 Å². The Balaban J connectivity index is 1.89. The Morgan fingerprint density at radius 2 is 2.05 bits per heavy atom. The van der Waals surface area contributed by atoms with E-state index in [9.17, 15) is 8.78 Å². The van der Waals surface area contributed by atoms with Crippen molar-refractivity contribution >= 4 is 11.3 Å². The fourth-order valence-electron chi connectivity index (χ4n) is 1.88. The molecule has 0 aliphatic carbocycles. The minimum Gasteiger partial charge on any atom is -0.316 e. The highest BCUT2D eigenvalue weighted by molar-refractivity contribution is 7.14. The number of rotatable bonds is 7. The van der Waals surface area contributed by atoms with E-state index < -0.39 is 11.6 Å². The van der Waals surface area contributed by atoms with E-state index in [1.54, 1.807) is 0 Å². The maximum atomic E-state index is 13.7. The van der Waals surface area contributed by atoms with Crippen molar-refractivity contribution in [1.29, 1.82) is 0 Å². The van der Waals surface area contributed by atoms with Gasteiger partial charge in [-0.2, -0.15) is 0 Å². The summed E-state index contributed by atoms with van der Waals surface area (Å²) < 4.78 is 26.5. The highest BCUT2D eigenvalue weighted by Crippen LogP contribution is 2.26. The van der Waals surface area contributed by atoms with E-state index in [0.29, 0.717) is 16.5 Å².